The zero-order valence-electron chi connectivity index (χ0n) is 13.7. The molecule has 0 saturated heterocycles. The predicted octanol–water partition coefficient (Wildman–Crippen LogP) is 3.85. The number of Topliss-reactive ketones (excluding diaryl/α,β-unsaturated/α-hetero) is 1. The zero-order chi connectivity index (χ0) is 17.2. The molecule has 1 atom stereocenters. The lowest BCUT2D eigenvalue weighted by Crippen LogP contribution is -2.29. The molecule has 0 unspecified atom stereocenters. The van der Waals surface area contributed by atoms with E-state index in [1.54, 1.807) is 6.07 Å². The fourth-order valence-electron chi connectivity index (χ4n) is 3.06. The van der Waals surface area contributed by atoms with E-state index in [2.05, 4.69) is 0 Å². The second-order valence-corrected chi connectivity index (χ2v) is 7.21. The Kier molecular flexibility index (Phi) is 4.44. The van der Waals surface area contributed by atoms with Crippen molar-refractivity contribution in [3.05, 3.63) is 35.2 Å². The summed E-state index contributed by atoms with van der Waals surface area (Å²) in [5.41, 5.74) is 0.960. The molecule has 4 rings (SSSR count). The summed E-state index contributed by atoms with van der Waals surface area (Å²) in [4.78, 5) is 25.6. The van der Waals surface area contributed by atoms with Crippen molar-refractivity contribution in [3.8, 4) is 21.9 Å². The monoisotopic (exact) mass is 358 g/mol. The van der Waals surface area contributed by atoms with Crippen LogP contribution in [0, 0.1) is 0 Å². The molecule has 2 aliphatic rings. The summed E-state index contributed by atoms with van der Waals surface area (Å²) >= 11 is 1.35. The molecule has 0 N–H and O–H groups in total. The Balaban J connectivity index is 1.50. The van der Waals surface area contributed by atoms with Crippen molar-refractivity contribution in [2.45, 2.75) is 31.8 Å². The van der Waals surface area contributed by atoms with Gasteiger partial charge < -0.3 is 14.2 Å². The molecule has 0 amide bonds. The molecule has 6 heteroatoms. The van der Waals surface area contributed by atoms with Crippen molar-refractivity contribution in [3.63, 3.8) is 0 Å². The first kappa shape index (κ1) is 16.1. The lowest BCUT2D eigenvalue weighted by Gasteiger charge is -2.20. The van der Waals surface area contributed by atoms with Crippen LogP contribution >= 0.6 is 11.3 Å². The van der Waals surface area contributed by atoms with Gasteiger partial charge in [0.1, 0.15) is 18.1 Å². The number of hydrogen-bond acceptors (Lipinski definition) is 6. The average molecular weight is 358 g/mol. The molecule has 25 heavy (non-hydrogen) atoms. The molecule has 5 nitrogen and oxygen atoms in total. The van der Waals surface area contributed by atoms with Crippen LogP contribution in [0.1, 0.15) is 35.4 Å². The number of fused-ring (bicyclic) bond motifs is 1. The molecule has 1 saturated carbocycles. The fraction of sp³-hybridized carbons (Fsp3) is 0.368. The van der Waals surface area contributed by atoms with Gasteiger partial charge in [-0.05, 0) is 55.2 Å². The quantitative estimate of drug-likeness (QED) is 0.780. The van der Waals surface area contributed by atoms with Crippen molar-refractivity contribution in [2.24, 2.45) is 0 Å². The zero-order valence-corrected chi connectivity index (χ0v) is 14.5. The SMILES string of the molecule is O=C(O[C@H]1CCCCC1=O)c1ccc(-c2ccc3c(c2)OCCO3)s1. The number of benzene rings is 1. The van der Waals surface area contributed by atoms with Crippen LogP contribution in [-0.2, 0) is 9.53 Å². The number of thiophene rings is 1. The normalized spacial score (nSPS) is 19.5. The first-order chi connectivity index (χ1) is 12.2. The molecule has 1 fully saturated rings. The number of carbonyl (C=O) groups excluding carboxylic acids is 2. The van der Waals surface area contributed by atoms with E-state index in [1.807, 2.05) is 24.3 Å². The molecule has 1 aromatic carbocycles. The Hall–Kier alpha value is -2.34. The minimum absolute atomic E-state index is 0.0308. The van der Waals surface area contributed by atoms with Crippen molar-refractivity contribution in [1.29, 1.82) is 0 Å². The summed E-state index contributed by atoms with van der Waals surface area (Å²) in [6, 6.07) is 9.36. The van der Waals surface area contributed by atoms with Gasteiger partial charge in [-0.2, -0.15) is 0 Å². The third-order valence-electron chi connectivity index (χ3n) is 4.38. The second kappa shape index (κ2) is 6.88. The summed E-state index contributed by atoms with van der Waals surface area (Å²) in [7, 11) is 0. The lowest BCUT2D eigenvalue weighted by atomic mass is 9.96. The number of hydrogen-bond donors (Lipinski definition) is 0. The summed E-state index contributed by atoms with van der Waals surface area (Å²) in [6.07, 6.45) is 2.37. The third-order valence-corrected chi connectivity index (χ3v) is 5.50. The summed E-state index contributed by atoms with van der Waals surface area (Å²) < 4.78 is 16.5. The molecule has 0 spiro atoms. The Bertz CT molecular complexity index is 810. The van der Waals surface area contributed by atoms with E-state index in [4.69, 9.17) is 14.2 Å². The topological polar surface area (TPSA) is 61.8 Å². The number of rotatable bonds is 3. The maximum Gasteiger partial charge on any atom is 0.349 e. The van der Waals surface area contributed by atoms with Gasteiger partial charge in [0.2, 0.25) is 0 Å². The molecular formula is C19H18O5S. The highest BCUT2D eigenvalue weighted by Gasteiger charge is 2.27. The molecule has 0 radical (unpaired) electrons. The molecule has 0 bridgehead atoms. The third kappa shape index (κ3) is 3.39. The molecule has 1 aliphatic carbocycles. The Morgan fingerprint density at radius 3 is 2.76 bits per heavy atom. The van der Waals surface area contributed by atoms with Crippen LogP contribution in [0.2, 0.25) is 0 Å². The van der Waals surface area contributed by atoms with Crippen LogP contribution < -0.4 is 9.47 Å². The van der Waals surface area contributed by atoms with Crippen LogP contribution in [0.3, 0.4) is 0 Å². The van der Waals surface area contributed by atoms with Gasteiger partial charge in [-0.15, -0.1) is 11.3 Å². The van der Waals surface area contributed by atoms with E-state index in [0.29, 0.717) is 36.7 Å². The molecule has 1 aromatic heterocycles. The van der Waals surface area contributed by atoms with Gasteiger partial charge in [0.05, 0.1) is 0 Å². The first-order valence-electron chi connectivity index (χ1n) is 8.44. The number of esters is 1. The average Bonchev–Trinajstić information content (AvgIpc) is 3.13. The molecular weight excluding hydrogens is 340 g/mol. The van der Waals surface area contributed by atoms with Crippen LogP contribution in [-0.4, -0.2) is 31.1 Å². The van der Waals surface area contributed by atoms with E-state index in [9.17, 15) is 9.59 Å². The molecule has 130 valence electrons. The largest absolute Gasteiger partial charge is 0.486 e. The lowest BCUT2D eigenvalue weighted by molar-refractivity contribution is -0.129. The maximum atomic E-state index is 12.3. The van der Waals surface area contributed by atoms with E-state index >= 15 is 0 Å². The minimum Gasteiger partial charge on any atom is -0.486 e. The smallest absolute Gasteiger partial charge is 0.349 e. The van der Waals surface area contributed by atoms with Crippen molar-refractivity contribution in [2.75, 3.05) is 13.2 Å². The first-order valence-corrected chi connectivity index (χ1v) is 9.26. The van der Waals surface area contributed by atoms with Crippen molar-refractivity contribution >= 4 is 23.1 Å². The highest BCUT2D eigenvalue weighted by Crippen LogP contribution is 2.37. The van der Waals surface area contributed by atoms with E-state index in [0.717, 1.165) is 29.0 Å². The number of ether oxygens (including phenoxy) is 3. The van der Waals surface area contributed by atoms with Gasteiger partial charge in [0.15, 0.2) is 23.4 Å². The second-order valence-electron chi connectivity index (χ2n) is 6.13. The predicted molar refractivity (Wildman–Crippen MR) is 93.4 cm³/mol. The number of carbonyl (C=O) groups is 2. The highest BCUT2D eigenvalue weighted by atomic mass is 32.1. The summed E-state index contributed by atoms with van der Waals surface area (Å²) in [5, 5.41) is 0. The summed E-state index contributed by atoms with van der Waals surface area (Å²) in [5.74, 6) is 1.06. The Labute approximate surface area is 149 Å². The van der Waals surface area contributed by atoms with Gasteiger partial charge >= 0.3 is 5.97 Å². The highest BCUT2D eigenvalue weighted by molar-refractivity contribution is 7.17. The summed E-state index contributed by atoms with van der Waals surface area (Å²) in [6.45, 7) is 1.09. The van der Waals surface area contributed by atoms with Gasteiger partial charge in [0, 0.05) is 11.3 Å². The van der Waals surface area contributed by atoms with Crippen LogP contribution in [0.4, 0.5) is 0 Å². The fourth-order valence-corrected chi connectivity index (χ4v) is 3.95. The van der Waals surface area contributed by atoms with Gasteiger partial charge in [-0.1, -0.05) is 0 Å². The number of ketones is 1. The van der Waals surface area contributed by atoms with E-state index in [-0.39, 0.29) is 5.78 Å². The maximum absolute atomic E-state index is 12.3. The van der Waals surface area contributed by atoms with Crippen LogP contribution in [0.15, 0.2) is 30.3 Å². The van der Waals surface area contributed by atoms with Crippen LogP contribution in [0.5, 0.6) is 11.5 Å². The van der Waals surface area contributed by atoms with Gasteiger partial charge in [-0.3, -0.25) is 4.79 Å². The minimum atomic E-state index is -0.582. The van der Waals surface area contributed by atoms with Gasteiger partial charge in [0.25, 0.3) is 0 Å². The Morgan fingerprint density at radius 1 is 1.08 bits per heavy atom. The van der Waals surface area contributed by atoms with Gasteiger partial charge in [-0.25, -0.2) is 4.79 Å². The van der Waals surface area contributed by atoms with E-state index in [1.165, 1.54) is 11.3 Å². The Morgan fingerprint density at radius 2 is 1.92 bits per heavy atom. The van der Waals surface area contributed by atoms with Crippen molar-refractivity contribution < 1.29 is 23.8 Å². The van der Waals surface area contributed by atoms with Crippen LogP contribution in [0.25, 0.3) is 10.4 Å². The van der Waals surface area contributed by atoms with E-state index < -0.39 is 12.1 Å². The molecule has 1 aliphatic heterocycles. The standard InChI is InChI=1S/C19H18O5S/c20-13-3-1-2-4-14(13)24-19(21)18-8-7-17(25-18)12-5-6-15-16(11-12)23-10-9-22-15/h5-8,11,14H,1-4,9-10H2/t14-/m0/s1. The molecule has 2 heterocycles. The molecule has 2 aromatic rings. The van der Waals surface area contributed by atoms with Crippen molar-refractivity contribution in [1.82, 2.24) is 0 Å².